The van der Waals surface area contributed by atoms with Crippen LogP contribution >= 0.6 is 0 Å². The number of nitrogens with one attached hydrogen (secondary N) is 1. The minimum atomic E-state index is -3.89. The van der Waals surface area contributed by atoms with Crippen LogP contribution in [-0.4, -0.2) is 43.1 Å². The van der Waals surface area contributed by atoms with Gasteiger partial charge < -0.3 is 5.32 Å². The zero-order valence-electron chi connectivity index (χ0n) is 18.7. The summed E-state index contributed by atoms with van der Waals surface area (Å²) in [6, 6.07) is 19.2. The summed E-state index contributed by atoms with van der Waals surface area (Å²) in [7, 11) is -4.56. The van der Waals surface area contributed by atoms with Crippen LogP contribution < -0.4 is 13.9 Å². The van der Waals surface area contributed by atoms with Gasteiger partial charge in [0.05, 0.1) is 28.1 Å². The summed E-state index contributed by atoms with van der Waals surface area (Å²) in [6.07, 6.45) is 1.08. The second-order valence-corrected chi connectivity index (χ2v) is 11.5. The van der Waals surface area contributed by atoms with Gasteiger partial charge in [-0.05, 0) is 49.4 Å². The lowest BCUT2D eigenvalue weighted by molar-refractivity contribution is 0.102. The Morgan fingerprint density at radius 3 is 2.09 bits per heavy atom. The minimum Gasteiger partial charge on any atom is -0.322 e. The highest BCUT2D eigenvalue weighted by Crippen LogP contribution is 2.27. The number of anilines is 3. The molecule has 0 saturated heterocycles. The van der Waals surface area contributed by atoms with E-state index in [1.165, 1.54) is 38.4 Å². The van der Waals surface area contributed by atoms with E-state index in [1.807, 2.05) is 6.92 Å². The molecule has 174 valence electrons. The summed E-state index contributed by atoms with van der Waals surface area (Å²) in [5.41, 5.74) is 2.03. The molecule has 1 amide bonds. The van der Waals surface area contributed by atoms with Crippen LogP contribution in [0, 0.1) is 6.92 Å². The van der Waals surface area contributed by atoms with Crippen LogP contribution in [-0.2, 0) is 20.0 Å². The zero-order chi connectivity index (χ0) is 24.4. The summed E-state index contributed by atoms with van der Waals surface area (Å²) in [4.78, 5) is 13.2. The first-order chi connectivity index (χ1) is 15.4. The number of hydrogen-bond acceptors (Lipinski definition) is 5. The molecule has 0 heterocycles. The maximum absolute atomic E-state index is 13.1. The molecular formula is C23H25N3O5S2. The van der Waals surface area contributed by atoms with Crippen LogP contribution in [0.25, 0.3) is 0 Å². The van der Waals surface area contributed by atoms with Gasteiger partial charge in [0.1, 0.15) is 0 Å². The molecule has 0 spiro atoms. The van der Waals surface area contributed by atoms with Gasteiger partial charge in [-0.1, -0.05) is 35.9 Å². The third-order valence-electron chi connectivity index (χ3n) is 5.13. The molecule has 0 aliphatic heterocycles. The van der Waals surface area contributed by atoms with Crippen molar-refractivity contribution < 1.29 is 21.6 Å². The molecule has 3 rings (SSSR count). The number of benzene rings is 3. The highest BCUT2D eigenvalue weighted by Gasteiger charge is 2.25. The Hall–Kier alpha value is -3.37. The summed E-state index contributed by atoms with van der Waals surface area (Å²) in [5, 5.41) is 2.72. The molecule has 1 N–H and O–H groups in total. The van der Waals surface area contributed by atoms with Gasteiger partial charge >= 0.3 is 0 Å². The van der Waals surface area contributed by atoms with Crippen molar-refractivity contribution in [3.8, 4) is 0 Å². The molecule has 0 aromatic heterocycles. The molecule has 0 bridgehead atoms. The highest BCUT2D eigenvalue weighted by molar-refractivity contribution is 7.92. The van der Waals surface area contributed by atoms with Crippen LogP contribution in [0.4, 0.5) is 17.1 Å². The number of carbonyl (C=O) groups excluding carboxylic acids is 1. The number of sulfonamides is 2. The van der Waals surface area contributed by atoms with Crippen LogP contribution in [0.2, 0.25) is 0 Å². The lowest BCUT2D eigenvalue weighted by Crippen LogP contribution is -2.29. The Morgan fingerprint density at radius 2 is 1.45 bits per heavy atom. The first kappa shape index (κ1) is 24.3. The van der Waals surface area contributed by atoms with Crippen molar-refractivity contribution in [2.45, 2.75) is 11.8 Å². The predicted molar refractivity (Wildman–Crippen MR) is 131 cm³/mol. The second kappa shape index (κ2) is 9.24. The third kappa shape index (κ3) is 5.35. The van der Waals surface area contributed by atoms with Crippen LogP contribution in [0.1, 0.15) is 15.9 Å². The molecule has 33 heavy (non-hydrogen) atoms. The van der Waals surface area contributed by atoms with E-state index in [4.69, 9.17) is 0 Å². The monoisotopic (exact) mass is 487 g/mol. The van der Waals surface area contributed by atoms with E-state index in [-0.39, 0.29) is 16.1 Å². The van der Waals surface area contributed by atoms with Gasteiger partial charge in [-0.2, -0.15) is 0 Å². The van der Waals surface area contributed by atoms with Crippen molar-refractivity contribution in [2.75, 3.05) is 34.3 Å². The van der Waals surface area contributed by atoms with Gasteiger partial charge in [-0.3, -0.25) is 13.4 Å². The van der Waals surface area contributed by atoms with Crippen molar-refractivity contribution in [1.82, 2.24) is 0 Å². The molecule has 3 aromatic rings. The molecular weight excluding hydrogens is 462 g/mol. The van der Waals surface area contributed by atoms with Gasteiger partial charge in [0.15, 0.2) is 0 Å². The average Bonchev–Trinajstić information content (AvgIpc) is 2.78. The van der Waals surface area contributed by atoms with Crippen molar-refractivity contribution in [3.63, 3.8) is 0 Å². The predicted octanol–water partition coefficient (Wildman–Crippen LogP) is 3.47. The van der Waals surface area contributed by atoms with Crippen LogP contribution in [0.3, 0.4) is 0 Å². The Morgan fingerprint density at radius 1 is 0.818 bits per heavy atom. The fraction of sp³-hybridized carbons (Fsp3) is 0.174. The average molecular weight is 488 g/mol. The lowest BCUT2D eigenvalue weighted by atomic mass is 10.1. The van der Waals surface area contributed by atoms with Crippen LogP contribution in [0.15, 0.2) is 77.7 Å². The summed E-state index contributed by atoms with van der Waals surface area (Å²) >= 11 is 0. The summed E-state index contributed by atoms with van der Waals surface area (Å²) in [5.74, 6) is -0.532. The molecule has 0 atom stereocenters. The summed E-state index contributed by atoms with van der Waals surface area (Å²) < 4.78 is 52.0. The smallest absolute Gasteiger partial charge is 0.264 e. The van der Waals surface area contributed by atoms with Crippen molar-refractivity contribution >= 4 is 43.0 Å². The zero-order valence-corrected chi connectivity index (χ0v) is 20.3. The number of nitrogens with zero attached hydrogens (tertiary/aromatic N) is 2. The number of aryl methyl sites for hydroxylation is 1. The van der Waals surface area contributed by atoms with Gasteiger partial charge in [-0.25, -0.2) is 16.8 Å². The molecule has 0 unspecified atom stereocenters. The van der Waals surface area contributed by atoms with E-state index >= 15 is 0 Å². The van der Waals surface area contributed by atoms with E-state index in [2.05, 4.69) is 5.32 Å². The Kier molecular flexibility index (Phi) is 6.80. The van der Waals surface area contributed by atoms with E-state index in [0.717, 1.165) is 20.4 Å². The van der Waals surface area contributed by atoms with E-state index < -0.39 is 26.0 Å². The number of para-hydroxylation sites is 1. The molecule has 0 fully saturated rings. The van der Waals surface area contributed by atoms with Crippen molar-refractivity contribution in [3.05, 3.63) is 83.9 Å². The molecule has 0 saturated carbocycles. The molecule has 3 aromatic carbocycles. The molecule has 0 aliphatic rings. The maximum Gasteiger partial charge on any atom is 0.264 e. The SMILES string of the molecule is Cc1ccc(S(=O)(=O)N(C)c2ccccc2C(=O)Nc2cccc(N(C)S(C)(=O)=O)c2)cc1. The van der Waals surface area contributed by atoms with Crippen LogP contribution in [0.5, 0.6) is 0 Å². The minimum absolute atomic E-state index is 0.113. The molecule has 8 nitrogen and oxygen atoms in total. The standard InChI is InChI=1S/C23H25N3O5S2/c1-17-12-14-20(15-13-17)33(30,31)26(3)22-11-6-5-10-21(22)23(27)24-18-8-7-9-19(16-18)25(2)32(4,28)29/h5-16H,1-4H3,(H,24,27). The van der Waals surface area contributed by atoms with E-state index in [1.54, 1.807) is 48.5 Å². The quantitative estimate of drug-likeness (QED) is 0.550. The first-order valence-corrected chi connectivity index (χ1v) is 13.2. The highest BCUT2D eigenvalue weighted by atomic mass is 32.2. The molecule has 0 radical (unpaired) electrons. The lowest BCUT2D eigenvalue weighted by Gasteiger charge is -2.22. The van der Waals surface area contributed by atoms with Gasteiger partial charge in [0.2, 0.25) is 10.0 Å². The fourth-order valence-electron chi connectivity index (χ4n) is 3.11. The Balaban J connectivity index is 1.92. The van der Waals surface area contributed by atoms with Gasteiger partial charge in [0.25, 0.3) is 15.9 Å². The largest absolute Gasteiger partial charge is 0.322 e. The van der Waals surface area contributed by atoms with Gasteiger partial charge in [-0.15, -0.1) is 0 Å². The Labute approximate surface area is 194 Å². The van der Waals surface area contributed by atoms with E-state index in [9.17, 15) is 21.6 Å². The van der Waals surface area contributed by atoms with Crippen molar-refractivity contribution in [1.29, 1.82) is 0 Å². The van der Waals surface area contributed by atoms with E-state index in [0.29, 0.717) is 11.4 Å². The Bertz CT molecular complexity index is 1390. The first-order valence-electron chi connectivity index (χ1n) is 9.91. The van der Waals surface area contributed by atoms with Gasteiger partial charge in [0, 0.05) is 19.8 Å². The number of rotatable bonds is 7. The third-order valence-corrected chi connectivity index (χ3v) is 8.12. The summed E-state index contributed by atoms with van der Waals surface area (Å²) in [6.45, 7) is 1.86. The van der Waals surface area contributed by atoms with Crippen molar-refractivity contribution in [2.24, 2.45) is 0 Å². The fourth-order valence-corrected chi connectivity index (χ4v) is 4.82. The molecule has 10 heteroatoms. The normalized spacial score (nSPS) is 11.6. The topological polar surface area (TPSA) is 104 Å². The maximum atomic E-state index is 13.1. The number of hydrogen-bond donors (Lipinski definition) is 1. The number of carbonyl (C=O) groups is 1. The second-order valence-electron chi connectivity index (χ2n) is 7.54. The number of amides is 1. The molecule has 0 aliphatic carbocycles.